The lowest BCUT2D eigenvalue weighted by atomic mass is 9.85. The third-order valence-corrected chi connectivity index (χ3v) is 1.24. The summed E-state index contributed by atoms with van der Waals surface area (Å²) < 4.78 is 35.9. The summed E-state index contributed by atoms with van der Waals surface area (Å²) in [5.41, 5.74) is -1.69. The van der Waals surface area contributed by atoms with Crippen molar-refractivity contribution in [1.29, 1.82) is 0 Å². The van der Waals surface area contributed by atoms with Crippen LogP contribution in [0.15, 0.2) is 12.4 Å². The van der Waals surface area contributed by atoms with Crippen molar-refractivity contribution in [2.45, 2.75) is 6.18 Å². The molecular weight excluding hydrogens is 188 g/mol. The number of halogens is 3. The second kappa shape index (κ2) is 3.31. The smallest absolute Gasteiger partial charge is 0.422 e. The van der Waals surface area contributed by atoms with Crippen LogP contribution in [0.1, 0.15) is 5.69 Å². The van der Waals surface area contributed by atoms with Crippen LogP contribution < -0.4 is 5.59 Å². The number of nitrogens with zero attached hydrogens (tertiary/aromatic N) is 2. The summed E-state index contributed by atoms with van der Waals surface area (Å²) >= 11 is 0. The summed E-state index contributed by atoms with van der Waals surface area (Å²) in [5.74, 6) is 0. The van der Waals surface area contributed by atoms with Crippen molar-refractivity contribution < 1.29 is 23.2 Å². The Labute approximate surface area is 71.2 Å². The fourth-order valence-corrected chi connectivity index (χ4v) is 0.669. The molecule has 0 aliphatic heterocycles. The minimum Gasteiger partial charge on any atom is -0.422 e. The Kier molecular flexibility index (Phi) is 2.53. The quantitative estimate of drug-likeness (QED) is 0.570. The number of hydrogen-bond acceptors (Lipinski definition) is 4. The highest BCUT2D eigenvalue weighted by Gasteiger charge is 2.33. The first-order valence-corrected chi connectivity index (χ1v) is 3.16. The molecule has 0 radical (unpaired) electrons. The molecule has 0 spiro atoms. The SMILES string of the molecule is OB(O)c1cc(C(F)(F)F)ncn1. The van der Waals surface area contributed by atoms with Crippen LogP contribution >= 0.6 is 0 Å². The third kappa shape index (κ3) is 2.39. The van der Waals surface area contributed by atoms with E-state index in [2.05, 4.69) is 9.97 Å². The highest BCUT2D eigenvalue weighted by atomic mass is 19.4. The van der Waals surface area contributed by atoms with E-state index in [9.17, 15) is 13.2 Å². The maximum atomic E-state index is 12.0. The molecule has 0 amide bonds. The van der Waals surface area contributed by atoms with Gasteiger partial charge in [-0.25, -0.2) is 9.97 Å². The van der Waals surface area contributed by atoms with Crippen molar-refractivity contribution in [3.8, 4) is 0 Å². The average molecular weight is 192 g/mol. The van der Waals surface area contributed by atoms with Gasteiger partial charge in [-0.15, -0.1) is 0 Å². The van der Waals surface area contributed by atoms with Gasteiger partial charge in [0.05, 0.1) is 5.59 Å². The molecule has 1 aromatic rings. The van der Waals surface area contributed by atoms with Gasteiger partial charge in [0.25, 0.3) is 0 Å². The Hall–Kier alpha value is -1.15. The zero-order chi connectivity index (χ0) is 10.1. The van der Waals surface area contributed by atoms with Crippen LogP contribution in [0.4, 0.5) is 13.2 Å². The topological polar surface area (TPSA) is 66.2 Å². The monoisotopic (exact) mass is 192 g/mol. The van der Waals surface area contributed by atoms with Crippen LogP contribution in [0, 0.1) is 0 Å². The van der Waals surface area contributed by atoms with Crippen molar-refractivity contribution in [1.82, 2.24) is 9.97 Å². The number of rotatable bonds is 1. The van der Waals surface area contributed by atoms with Crippen LogP contribution in [0.5, 0.6) is 0 Å². The minimum absolute atomic E-state index is 0.477. The van der Waals surface area contributed by atoms with E-state index in [0.29, 0.717) is 12.4 Å². The molecule has 0 fully saturated rings. The molecule has 0 aliphatic carbocycles. The summed E-state index contributed by atoms with van der Waals surface area (Å²) in [6, 6.07) is 0.477. The molecule has 0 bridgehead atoms. The van der Waals surface area contributed by atoms with E-state index in [0.717, 1.165) is 0 Å². The van der Waals surface area contributed by atoms with Gasteiger partial charge in [-0.2, -0.15) is 13.2 Å². The Balaban J connectivity index is 3.06. The maximum Gasteiger partial charge on any atom is 0.508 e. The first-order chi connectivity index (χ1) is 5.91. The Morgan fingerprint density at radius 2 is 1.85 bits per heavy atom. The molecule has 0 unspecified atom stereocenters. The van der Waals surface area contributed by atoms with Gasteiger partial charge >= 0.3 is 13.3 Å². The summed E-state index contributed by atoms with van der Waals surface area (Å²) in [6.45, 7) is 0. The second-order valence-electron chi connectivity index (χ2n) is 2.20. The van der Waals surface area contributed by atoms with Gasteiger partial charge in [-0.05, 0) is 6.07 Å². The molecule has 1 rings (SSSR count). The van der Waals surface area contributed by atoms with Gasteiger partial charge in [-0.1, -0.05) is 0 Å². The van der Waals surface area contributed by atoms with E-state index in [1.54, 1.807) is 0 Å². The lowest BCUT2D eigenvalue weighted by molar-refractivity contribution is -0.141. The van der Waals surface area contributed by atoms with Gasteiger partial charge in [0, 0.05) is 0 Å². The van der Waals surface area contributed by atoms with Crippen LogP contribution in [-0.2, 0) is 6.18 Å². The zero-order valence-electron chi connectivity index (χ0n) is 6.15. The number of alkyl halides is 3. The van der Waals surface area contributed by atoms with E-state index >= 15 is 0 Å². The van der Waals surface area contributed by atoms with Gasteiger partial charge in [-0.3, -0.25) is 0 Å². The number of aromatic nitrogens is 2. The Morgan fingerprint density at radius 3 is 2.31 bits per heavy atom. The molecule has 0 aliphatic rings. The van der Waals surface area contributed by atoms with E-state index in [1.807, 2.05) is 0 Å². The molecule has 0 aromatic carbocycles. The van der Waals surface area contributed by atoms with Crippen molar-refractivity contribution in [3.05, 3.63) is 18.1 Å². The third-order valence-electron chi connectivity index (χ3n) is 1.24. The lowest BCUT2D eigenvalue weighted by Crippen LogP contribution is -2.34. The van der Waals surface area contributed by atoms with Gasteiger partial charge in [0.1, 0.15) is 12.0 Å². The van der Waals surface area contributed by atoms with Crippen LogP contribution in [0.25, 0.3) is 0 Å². The molecule has 0 saturated heterocycles. The molecule has 0 atom stereocenters. The van der Waals surface area contributed by atoms with Crippen molar-refractivity contribution >= 4 is 12.7 Å². The van der Waals surface area contributed by atoms with Crippen LogP contribution in [0.3, 0.4) is 0 Å². The Bertz CT molecular complexity index is 304. The van der Waals surface area contributed by atoms with Crippen molar-refractivity contribution in [3.63, 3.8) is 0 Å². The highest BCUT2D eigenvalue weighted by Crippen LogP contribution is 2.25. The second-order valence-corrected chi connectivity index (χ2v) is 2.20. The van der Waals surface area contributed by atoms with E-state index in [-0.39, 0.29) is 0 Å². The van der Waals surface area contributed by atoms with Crippen LogP contribution in [0.2, 0.25) is 0 Å². The van der Waals surface area contributed by atoms with E-state index in [4.69, 9.17) is 10.0 Å². The zero-order valence-corrected chi connectivity index (χ0v) is 6.15. The number of hydrogen-bond donors (Lipinski definition) is 2. The van der Waals surface area contributed by atoms with E-state index < -0.39 is 24.6 Å². The van der Waals surface area contributed by atoms with Crippen LogP contribution in [-0.4, -0.2) is 27.1 Å². The first kappa shape index (κ1) is 9.94. The predicted molar refractivity (Wildman–Crippen MR) is 36.9 cm³/mol. The van der Waals surface area contributed by atoms with Gasteiger partial charge in [0.2, 0.25) is 0 Å². The Morgan fingerprint density at radius 1 is 1.23 bits per heavy atom. The molecule has 1 aromatic heterocycles. The van der Waals surface area contributed by atoms with E-state index in [1.165, 1.54) is 0 Å². The van der Waals surface area contributed by atoms with Gasteiger partial charge in [0.15, 0.2) is 0 Å². The molecule has 1 heterocycles. The average Bonchev–Trinajstić information content (AvgIpc) is 2.03. The molecular formula is C5H4BF3N2O2. The normalized spacial score (nSPS) is 11.5. The largest absolute Gasteiger partial charge is 0.508 e. The summed E-state index contributed by atoms with van der Waals surface area (Å²) in [4.78, 5) is 6.18. The molecule has 0 saturated carbocycles. The molecule has 70 valence electrons. The predicted octanol–water partition coefficient (Wildman–Crippen LogP) is -0.825. The fraction of sp³-hybridized carbons (Fsp3) is 0.200. The fourth-order valence-electron chi connectivity index (χ4n) is 0.669. The van der Waals surface area contributed by atoms with Crippen molar-refractivity contribution in [2.24, 2.45) is 0 Å². The summed E-state index contributed by atoms with van der Waals surface area (Å²) in [7, 11) is -2.02. The highest BCUT2D eigenvalue weighted by molar-refractivity contribution is 6.57. The molecule has 13 heavy (non-hydrogen) atoms. The maximum absolute atomic E-state index is 12.0. The molecule has 4 nitrogen and oxygen atoms in total. The van der Waals surface area contributed by atoms with Gasteiger partial charge < -0.3 is 10.0 Å². The first-order valence-electron chi connectivity index (χ1n) is 3.16. The summed E-state index contributed by atoms with van der Waals surface area (Å²) in [5, 5.41) is 17.0. The standard InChI is InChI=1S/C5H4BF3N2O2/c7-5(8,9)3-1-4(6(12)13)11-2-10-3/h1-2,12-13H. The molecule has 2 N–H and O–H groups in total. The lowest BCUT2D eigenvalue weighted by Gasteiger charge is -2.05. The molecule has 8 heteroatoms. The van der Waals surface area contributed by atoms with Crippen molar-refractivity contribution in [2.75, 3.05) is 0 Å². The summed E-state index contributed by atoms with van der Waals surface area (Å²) in [6.07, 6.45) is -3.98. The minimum atomic E-state index is -4.60.